The van der Waals surface area contributed by atoms with Crippen molar-refractivity contribution in [1.29, 1.82) is 0 Å². The molecule has 2 nitrogen and oxygen atoms in total. The van der Waals surface area contributed by atoms with Crippen LogP contribution in [0.5, 0.6) is 0 Å². The topological polar surface area (TPSA) is 38.9 Å². The van der Waals surface area contributed by atoms with Crippen LogP contribution in [0.1, 0.15) is 35.2 Å². The van der Waals surface area contributed by atoms with Crippen LogP contribution in [0.25, 0.3) is 11.3 Å². The lowest BCUT2D eigenvalue weighted by molar-refractivity contribution is 0.887. The smallest absolute Gasteiger partial charge is 0.0948 e. The number of thiazole rings is 1. The molecule has 1 heterocycles. The van der Waals surface area contributed by atoms with E-state index < -0.39 is 0 Å². The van der Waals surface area contributed by atoms with Gasteiger partial charge in [0, 0.05) is 21.9 Å². The number of rotatable bonds is 4. The standard InChI is InChI=1S/C15H19ClN2S/c1-9(2)15-14(18-13(19-15)6-7-17)12-8-11(16)5-4-10(12)3/h4-5,8-9H,6-7,17H2,1-3H3. The van der Waals surface area contributed by atoms with Crippen LogP contribution >= 0.6 is 22.9 Å². The number of nitrogens with zero attached hydrogens (tertiary/aromatic N) is 1. The summed E-state index contributed by atoms with van der Waals surface area (Å²) in [7, 11) is 0. The van der Waals surface area contributed by atoms with Gasteiger partial charge in [0.1, 0.15) is 0 Å². The first-order chi connectivity index (χ1) is 9.02. The Kier molecular flexibility index (Phi) is 4.61. The predicted molar refractivity (Wildman–Crippen MR) is 84.1 cm³/mol. The number of aryl methyl sites for hydroxylation is 1. The Balaban J connectivity index is 2.56. The molecule has 0 aliphatic rings. The first kappa shape index (κ1) is 14.5. The highest BCUT2D eigenvalue weighted by molar-refractivity contribution is 7.12. The third-order valence-corrected chi connectivity index (χ3v) is 4.69. The molecule has 1 aromatic heterocycles. The Bertz CT molecular complexity index is 576. The maximum absolute atomic E-state index is 6.12. The van der Waals surface area contributed by atoms with Gasteiger partial charge in [-0.05, 0) is 37.1 Å². The number of hydrogen-bond acceptors (Lipinski definition) is 3. The van der Waals surface area contributed by atoms with Crippen molar-refractivity contribution in [2.45, 2.75) is 33.1 Å². The SMILES string of the molecule is Cc1ccc(Cl)cc1-c1nc(CCN)sc1C(C)C. The summed E-state index contributed by atoms with van der Waals surface area (Å²) in [5.74, 6) is 0.456. The molecule has 0 unspecified atom stereocenters. The molecule has 0 aliphatic carbocycles. The van der Waals surface area contributed by atoms with Crippen molar-refractivity contribution in [2.24, 2.45) is 5.73 Å². The Hall–Kier alpha value is -0.900. The third-order valence-electron chi connectivity index (χ3n) is 3.03. The van der Waals surface area contributed by atoms with Crippen LogP contribution in [0.15, 0.2) is 18.2 Å². The van der Waals surface area contributed by atoms with Gasteiger partial charge in [-0.25, -0.2) is 4.98 Å². The van der Waals surface area contributed by atoms with Crippen molar-refractivity contribution in [3.05, 3.63) is 38.7 Å². The lowest BCUT2D eigenvalue weighted by atomic mass is 10.0. The Labute approximate surface area is 123 Å². The summed E-state index contributed by atoms with van der Waals surface area (Å²) in [5, 5.41) is 1.87. The molecule has 102 valence electrons. The monoisotopic (exact) mass is 294 g/mol. The lowest BCUT2D eigenvalue weighted by Crippen LogP contribution is -2.02. The van der Waals surface area contributed by atoms with Gasteiger partial charge >= 0.3 is 0 Å². The highest BCUT2D eigenvalue weighted by Crippen LogP contribution is 2.36. The van der Waals surface area contributed by atoms with Gasteiger partial charge in [-0.3, -0.25) is 0 Å². The quantitative estimate of drug-likeness (QED) is 0.908. The summed E-state index contributed by atoms with van der Waals surface area (Å²) in [6, 6.07) is 5.97. The molecular formula is C15H19ClN2S. The van der Waals surface area contributed by atoms with Gasteiger partial charge in [0.15, 0.2) is 0 Å². The minimum absolute atomic E-state index is 0.456. The largest absolute Gasteiger partial charge is 0.330 e. The van der Waals surface area contributed by atoms with Crippen LogP contribution < -0.4 is 5.73 Å². The fourth-order valence-corrected chi connectivity index (χ4v) is 3.31. The van der Waals surface area contributed by atoms with Gasteiger partial charge in [0.05, 0.1) is 10.7 Å². The molecule has 0 bridgehead atoms. The van der Waals surface area contributed by atoms with Gasteiger partial charge < -0.3 is 5.73 Å². The van der Waals surface area contributed by atoms with E-state index in [1.165, 1.54) is 10.4 Å². The highest BCUT2D eigenvalue weighted by atomic mass is 35.5. The number of nitrogens with two attached hydrogens (primary N) is 1. The first-order valence-electron chi connectivity index (χ1n) is 6.49. The van der Waals surface area contributed by atoms with E-state index >= 15 is 0 Å². The van der Waals surface area contributed by atoms with E-state index in [9.17, 15) is 0 Å². The van der Waals surface area contributed by atoms with Crippen molar-refractivity contribution >= 4 is 22.9 Å². The molecule has 2 rings (SSSR count). The van der Waals surface area contributed by atoms with E-state index in [1.54, 1.807) is 11.3 Å². The van der Waals surface area contributed by atoms with E-state index in [0.717, 1.165) is 27.7 Å². The molecule has 0 fully saturated rings. The van der Waals surface area contributed by atoms with Crippen molar-refractivity contribution in [1.82, 2.24) is 4.98 Å². The van der Waals surface area contributed by atoms with Crippen molar-refractivity contribution in [3.63, 3.8) is 0 Å². The summed E-state index contributed by atoms with van der Waals surface area (Å²) in [6.07, 6.45) is 0.837. The van der Waals surface area contributed by atoms with E-state index in [0.29, 0.717) is 12.5 Å². The minimum Gasteiger partial charge on any atom is -0.330 e. The van der Waals surface area contributed by atoms with Crippen LogP contribution in [0.2, 0.25) is 5.02 Å². The zero-order valence-electron chi connectivity index (χ0n) is 11.5. The van der Waals surface area contributed by atoms with Crippen molar-refractivity contribution in [2.75, 3.05) is 6.54 Å². The molecule has 2 N–H and O–H groups in total. The molecule has 0 spiro atoms. The summed E-state index contributed by atoms with van der Waals surface area (Å²) in [5.41, 5.74) is 9.05. The van der Waals surface area contributed by atoms with Gasteiger partial charge in [0.25, 0.3) is 0 Å². The fraction of sp³-hybridized carbons (Fsp3) is 0.400. The van der Waals surface area contributed by atoms with Gasteiger partial charge in [-0.15, -0.1) is 11.3 Å². The molecular weight excluding hydrogens is 276 g/mol. The molecule has 0 atom stereocenters. The number of aromatic nitrogens is 1. The number of hydrogen-bond donors (Lipinski definition) is 1. The Morgan fingerprint density at radius 3 is 2.74 bits per heavy atom. The van der Waals surface area contributed by atoms with Crippen LogP contribution in [0, 0.1) is 6.92 Å². The van der Waals surface area contributed by atoms with Crippen molar-refractivity contribution < 1.29 is 0 Å². The minimum atomic E-state index is 0.456. The Morgan fingerprint density at radius 2 is 2.11 bits per heavy atom. The van der Waals surface area contributed by atoms with Gasteiger partial charge in [0.2, 0.25) is 0 Å². The molecule has 0 radical (unpaired) electrons. The second-order valence-electron chi connectivity index (χ2n) is 4.97. The molecule has 4 heteroatoms. The number of benzene rings is 1. The van der Waals surface area contributed by atoms with Crippen LogP contribution in [-0.2, 0) is 6.42 Å². The maximum Gasteiger partial charge on any atom is 0.0948 e. The lowest BCUT2D eigenvalue weighted by Gasteiger charge is -2.08. The van der Waals surface area contributed by atoms with E-state index in [1.807, 2.05) is 18.2 Å². The third kappa shape index (κ3) is 3.16. The highest BCUT2D eigenvalue weighted by Gasteiger charge is 2.17. The molecule has 0 aliphatic heterocycles. The van der Waals surface area contributed by atoms with Crippen LogP contribution in [0.3, 0.4) is 0 Å². The summed E-state index contributed by atoms with van der Waals surface area (Å²) in [6.45, 7) is 7.13. The summed E-state index contributed by atoms with van der Waals surface area (Å²) in [4.78, 5) is 6.09. The molecule has 19 heavy (non-hydrogen) atoms. The van der Waals surface area contributed by atoms with Gasteiger partial charge in [-0.1, -0.05) is 31.5 Å². The second kappa shape index (κ2) is 6.04. The van der Waals surface area contributed by atoms with E-state index in [2.05, 4.69) is 20.8 Å². The van der Waals surface area contributed by atoms with Gasteiger partial charge in [-0.2, -0.15) is 0 Å². The molecule has 0 saturated heterocycles. The molecule has 2 aromatic rings. The zero-order valence-corrected chi connectivity index (χ0v) is 13.1. The maximum atomic E-state index is 6.12. The normalized spacial score (nSPS) is 11.3. The van der Waals surface area contributed by atoms with Crippen molar-refractivity contribution in [3.8, 4) is 11.3 Å². The fourth-order valence-electron chi connectivity index (χ4n) is 2.04. The van der Waals surface area contributed by atoms with Crippen LogP contribution in [-0.4, -0.2) is 11.5 Å². The molecule has 0 saturated carbocycles. The molecule has 0 amide bonds. The molecule has 1 aromatic carbocycles. The van der Waals surface area contributed by atoms with E-state index in [4.69, 9.17) is 22.3 Å². The van der Waals surface area contributed by atoms with Crippen LogP contribution in [0.4, 0.5) is 0 Å². The summed E-state index contributed by atoms with van der Waals surface area (Å²) < 4.78 is 0. The van der Waals surface area contributed by atoms with E-state index in [-0.39, 0.29) is 0 Å². The zero-order chi connectivity index (χ0) is 14.0. The number of halogens is 1. The first-order valence-corrected chi connectivity index (χ1v) is 7.68. The average Bonchev–Trinajstić information content (AvgIpc) is 2.77. The Morgan fingerprint density at radius 1 is 1.37 bits per heavy atom. The average molecular weight is 295 g/mol. The summed E-state index contributed by atoms with van der Waals surface area (Å²) >= 11 is 7.89. The second-order valence-corrected chi connectivity index (χ2v) is 6.52. The predicted octanol–water partition coefficient (Wildman–Crippen LogP) is 4.40.